The minimum absolute atomic E-state index is 0.931. The molecule has 0 amide bonds. The first-order chi connectivity index (χ1) is 15.8. The number of benzene rings is 4. The van der Waals surface area contributed by atoms with Gasteiger partial charge in [-0.25, -0.2) is 0 Å². The number of hydrogen-bond acceptors (Lipinski definition) is 2. The van der Waals surface area contributed by atoms with Crippen molar-refractivity contribution in [3.8, 4) is 33.5 Å². The quantitative estimate of drug-likeness (QED) is 0.299. The van der Waals surface area contributed by atoms with Gasteiger partial charge in [-0.1, -0.05) is 78.9 Å². The zero-order chi connectivity index (χ0) is 21.3. The van der Waals surface area contributed by atoms with Crippen LogP contribution in [0, 0.1) is 0 Å². The van der Waals surface area contributed by atoms with Crippen LogP contribution in [0.5, 0.6) is 0 Å². The molecule has 6 aromatic rings. The van der Waals surface area contributed by atoms with Gasteiger partial charge in [0.1, 0.15) is 0 Å². The zero-order valence-corrected chi connectivity index (χ0v) is 17.4. The Morgan fingerprint density at radius 3 is 1.75 bits per heavy atom. The second-order valence-electron chi connectivity index (χ2n) is 7.99. The van der Waals surface area contributed by atoms with Gasteiger partial charge in [0.05, 0.1) is 11.2 Å². The predicted molar refractivity (Wildman–Crippen MR) is 133 cm³/mol. The smallest absolute Gasteiger partial charge is 0.0718 e. The van der Waals surface area contributed by atoms with Crippen LogP contribution in [0.1, 0.15) is 0 Å². The Hall–Kier alpha value is -4.30. The van der Waals surface area contributed by atoms with Gasteiger partial charge in [0.2, 0.25) is 0 Å². The second kappa shape index (κ2) is 7.75. The molecule has 6 rings (SSSR count). The summed E-state index contributed by atoms with van der Waals surface area (Å²) in [6, 6.07) is 38.2. The van der Waals surface area contributed by atoms with Gasteiger partial charge in [-0.3, -0.25) is 9.97 Å². The lowest BCUT2D eigenvalue weighted by Crippen LogP contribution is -1.87. The molecular weight excluding hydrogens is 388 g/mol. The fraction of sp³-hybridized carbons (Fsp3) is 0. The molecule has 0 bridgehead atoms. The summed E-state index contributed by atoms with van der Waals surface area (Å²) in [4.78, 5) is 9.29. The predicted octanol–water partition coefficient (Wildman–Crippen LogP) is 7.78. The molecule has 2 heteroatoms. The van der Waals surface area contributed by atoms with Crippen molar-refractivity contribution >= 4 is 21.7 Å². The largest absolute Gasteiger partial charge is 0.256 e. The summed E-state index contributed by atoms with van der Waals surface area (Å²) in [6.45, 7) is 0. The lowest BCUT2D eigenvalue weighted by atomic mass is 9.98. The van der Waals surface area contributed by atoms with E-state index in [1.54, 1.807) is 0 Å². The number of para-hydroxylation sites is 1. The van der Waals surface area contributed by atoms with E-state index in [0.717, 1.165) is 27.7 Å². The molecule has 4 aromatic carbocycles. The summed E-state index contributed by atoms with van der Waals surface area (Å²) in [5.41, 5.74) is 7.71. The van der Waals surface area contributed by atoms with Crippen LogP contribution in [-0.2, 0) is 0 Å². The molecule has 2 nitrogen and oxygen atoms in total. The van der Waals surface area contributed by atoms with E-state index < -0.39 is 0 Å². The summed E-state index contributed by atoms with van der Waals surface area (Å²) < 4.78 is 0. The van der Waals surface area contributed by atoms with E-state index in [0.29, 0.717) is 0 Å². The molecule has 2 heterocycles. The molecule has 150 valence electrons. The molecule has 32 heavy (non-hydrogen) atoms. The van der Waals surface area contributed by atoms with Gasteiger partial charge in [0, 0.05) is 28.9 Å². The lowest BCUT2D eigenvalue weighted by Gasteiger charge is -2.08. The van der Waals surface area contributed by atoms with Crippen LogP contribution < -0.4 is 0 Å². The molecule has 0 aliphatic heterocycles. The Morgan fingerprint density at radius 1 is 0.375 bits per heavy atom. The third kappa shape index (κ3) is 3.42. The van der Waals surface area contributed by atoms with Crippen LogP contribution in [0.2, 0.25) is 0 Å². The van der Waals surface area contributed by atoms with E-state index in [2.05, 4.69) is 89.9 Å². The average molecular weight is 409 g/mol. The van der Waals surface area contributed by atoms with Gasteiger partial charge in [0.15, 0.2) is 0 Å². The van der Waals surface area contributed by atoms with E-state index in [-0.39, 0.29) is 0 Å². The average Bonchev–Trinajstić information content (AvgIpc) is 2.88. The van der Waals surface area contributed by atoms with Gasteiger partial charge in [-0.15, -0.1) is 0 Å². The van der Waals surface area contributed by atoms with Crippen molar-refractivity contribution in [1.29, 1.82) is 0 Å². The highest BCUT2D eigenvalue weighted by Gasteiger charge is 2.06. The fourth-order valence-electron chi connectivity index (χ4n) is 4.18. The number of pyridine rings is 2. The van der Waals surface area contributed by atoms with Crippen LogP contribution in [0.15, 0.2) is 122 Å². The van der Waals surface area contributed by atoms with Crippen LogP contribution in [0.4, 0.5) is 0 Å². The van der Waals surface area contributed by atoms with Crippen molar-refractivity contribution < 1.29 is 0 Å². The van der Waals surface area contributed by atoms with Gasteiger partial charge in [-0.2, -0.15) is 0 Å². The molecule has 0 aliphatic rings. The Labute approximate surface area is 186 Å². The van der Waals surface area contributed by atoms with Crippen molar-refractivity contribution in [2.24, 2.45) is 0 Å². The summed E-state index contributed by atoms with van der Waals surface area (Å²) in [5.74, 6) is 0. The number of fused-ring (bicyclic) bond motifs is 2. The molecule has 0 fully saturated rings. The van der Waals surface area contributed by atoms with Crippen molar-refractivity contribution in [2.45, 2.75) is 0 Å². The van der Waals surface area contributed by atoms with E-state index in [9.17, 15) is 0 Å². The SMILES string of the molecule is c1ccc(-c2ccc3cc(-c4ccc(-c5cnc6ccccc6c5)nc4)ccc3c2)cc1. The van der Waals surface area contributed by atoms with Crippen molar-refractivity contribution in [3.63, 3.8) is 0 Å². The number of nitrogens with zero attached hydrogens (tertiary/aromatic N) is 2. The summed E-state index contributed by atoms with van der Waals surface area (Å²) in [7, 11) is 0. The normalized spacial score (nSPS) is 11.1. The van der Waals surface area contributed by atoms with Crippen molar-refractivity contribution in [1.82, 2.24) is 9.97 Å². The Balaban J connectivity index is 1.32. The molecule has 0 saturated carbocycles. The maximum absolute atomic E-state index is 4.73. The van der Waals surface area contributed by atoms with Gasteiger partial charge in [0.25, 0.3) is 0 Å². The van der Waals surface area contributed by atoms with E-state index >= 15 is 0 Å². The zero-order valence-electron chi connectivity index (χ0n) is 17.4. The van der Waals surface area contributed by atoms with Crippen LogP contribution in [-0.4, -0.2) is 9.97 Å². The third-order valence-corrected chi connectivity index (χ3v) is 5.93. The van der Waals surface area contributed by atoms with Gasteiger partial charge >= 0.3 is 0 Å². The molecule has 0 spiro atoms. The Kier molecular flexibility index (Phi) is 4.47. The van der Waals surface area contributed by atoms with E-state index in [4.69, 9.17) is 4.98 Å². The first-order valence-corrected chi connectivity index (χ1v) is 10.7. The number of rotatable bonds is 3. The third-order valence-electron chi connectivity index (χ3n) is 5.93. The highest BCUT2D eigenvalue weighted by molar-refractivity contribution is 5.91. The summed E-state index contributed by atoms with van der Waals surface area (Å²) in [5, 5.41) is 3.59. The molecule has 0 aliphatic carbocycles. The number of aromatic nitrogens is 2. The fourth-order valence-corrected chi connectivity index (χ4v) is 4.18. The Bertz CT molecular complexity index is 1550. The van der Waals surface area contributed by atoms with Gasteiger partial charge < -0.3 is 0 Å². The maximum Gasteiger partial charge on any atom is 0.0718 e. The van der Waals surface area contributed by atoms with Gasteiger partial charge in [-0.05, 0) is 57.8 Å². The first kappa shape index (κ1) is 18.5. The topological polar surface area (TPSA) is 25.8 Å². The molecule has 2 aromatic heterocycles. The first-order valence-electron chi connectivity index (χ1n) is 10.7. The van der Waals surface area contributed by atoms with E-state index in [1.165, 1.54) is 27.5 Å². The lowest BCUT2D eigenvalue weighted by molar-refractivity contribution is 1.31. The molecule has 0 unspecified atom stereocenters. The molecular formula is C30H20N2. The second-order valence-corrected chi connectivity index (χ2v) is 7.99. The highest BCUT2D eigenvalue weighted by Crippen LogP contribution is 2.29. The van der Waals surface area contributed by atoms with E-state index in [1.807, 2.05) is 36.7 Å². The van der Waals surface area contributed by atoms with Crippen molar-refractivity contribution in [2.75, 3.05) is 0 Å². The molecule has 0 atom stereocenters. The number of hydrogen-bond donors (Lipinski definition) is 0. The van der Waals surface area contributed by atoms with Crippen LogP contribution in [0.3, 0.4) is 0 Å². The van der Waals surface area contributed by atoms with Crippen LogP contribution in [0.25, 0.3) is 55.2 Å². The standard InChI is InChI=1S/C30H20N2/c1-2-6-21(7-3-1)22-10-11-24-17-25(13-12-23(24)16-22)27-14-15-30(31-19-27)28-18-26-8-4-5-9-29(26)32-20-28/h1-20H. The molecule has 0 N–H and O–H groups in total. The monoisotopic (exact) mass is 408 g/mol. The Morgan fingerprint density at radius 2 is 1.00 bits per heavy atom. The molecule has 0 radical (unpaired) electrons. The maximum atomic E-state index is 4.73. The highest BCUT2D eigenvalue weighted by atomic mass is 14.7. The summed E-state index contributed by atoms with van der Waals surface area (Å²) >= 11 is 0. The minimum Gasteiger partial charge on any atom is -0.256 e. The summed E-state index contributed by atoms with van der Waals surface area (Å²) in [6.07, 6.45) is 3.84. The van der Waals surface area contributed by atoms with Crippen molar-refractivity contribution in [3.05, 3.63) is 122 Å². The van der Waals surface area contributed by atoms with Crippen LogP contribution >= 0.6 is 0 Å². The molecule has 0 saturated heterocycles. The minimum atomic E-state index is 0.931.